The topological polar surface area (TPSA) is 3.24 Å². The van der Waals surface area contributed by atoms with Crippen LogP contribution in [0.3, 0.4) is 0 Å². The number of para-hydroxylation sites is 2. The summed E-state index contributed by atoms with van der Waals surface area (Å²) in [5, 5.41) is 4.26. The maximum atomic E-state index is 3.63. The van der Waals surface area contributed by atoms with Crippen LogP contribution in [0.25, 0.3) is 0 Å². The highest BCUT2D eigenvalue weighted by Gasteiger charge is 2.14. The van der Waals surface area contributed by atoms with Crippen molar-refractivity contribution >= 4 is 44.3 Å². The van der Waals surface area contributed by atoms with Gasteiger partial charge < -0.3 is 4.90 Å². The van der Waals surface area contributed by atoms with Gasteiger partial charge in [-0.2, -0.15) is 0 Å². The summed E-state index contributed by atoms with van der Waals surface area (Å²) >= 11 is 5.33. The van der Waals surface area contributed by atoms with E-state index in [1.54, 1.807) is 11.3 Å². The Labute approximate surface area is 125 Å². The Balaban J connectivity index is 2.15. The van der Waals surface area contributed by atoms with E-state index in [1.165, 1.54) is 5.69 Å². The number of rotatable bonds is 3. The predicted molar refractivity (Wildman–Crippen MR) is 86.7 cm³/mol. The Hall–Kier alpha value is -1.58. The fourth-order valence-corrected chi connectivity index (χ4v) is 3.45. The molecule has 0 radical (unpaired) electrons. The van der Waals surface area contributed by atoms with Crippen LogP contribution in [0.1, 0.15) is 0 Å². The third kappa shape index (κ3) is 2.57. The van der Waals surface area contributed by atoms with E-state index in [2.05, 4.69) is 80.1 Å². The van der Waals surface area contributed by atoms with Crippen LogP contribution in [0.5, 0.6) is 0 Å². The zero-order valence-electron chi connectivity index (χ0n) is 10.2. The molecule has 3 heteroatoms. The Morgan fingerprint density at radius 2 is 1.26 bits per heavy atom. The molecule has 1 nitrogen and oxygen atoms in total. The molecule has 19 heavy (non-hydrogen) atoms. The first-order valence-electron chi connectivity index (χ1n) is 5.98. The molecule has 0 atom stereocenters. The van der Waals surface area contributed by atoms with Crippen molar-refractivity contribution in [1.29, 1.82) is 0 Å². The zero-order chi connectivity index (χ0) is 13.1. The highest BCUT2D eigenvalue weighted by atomic mass is 79.9. The van der Waals surface area contributed by atoms with Gasteiger partial charge in [-0.1, -0.05) is 36.4 Å². The molecular weight excluding hydrogens is 318 g/mol. The maximum Gasteiger partial charge on any atom is 0.0710 e. The van der Waals surface area contributed by atoms with Gasteiger partial charge in [-0.25, -0.2) is 0 Å². The standard InChI is InChI=1S/C16H12BrNS/c17-15-11-19-12-16(15)18(13-7-3-1-4-8-13)14-9-5-2-6-10-14/h1-12H. The van der Waals surface area contributed by atoms with Gasteiger partial charge in [0.1, 0.15) is 0 Å². The molecule has 2 aromatic carbocycles. The van der Waals surface area contributed by atoms with Crippen LogP contribution < -0.4 is 4.90 Å². The van der Waals surface area contributed by atoms with Crippen molar-refractivity contribution in [3.8, 4) is 0 Å². The summed E-state index contributed by atoms with van der Waals surface area (Å²) in [6, 6.07) is 20.8. The Morgan fingerprint density at radius 3 is 1.68 bits per heavy atom. The minimum Gasteiger partial charge on any atom is -0.309 e. The first-order chi connectivity index (χ1) is 9.36. The minimum atomic E-state index is 1.12. The largest absolute Gasteiger partial charge is 0.309 e. The molecule has 0 spiro atoms. The summed E-state index contributed by atoms with van der Waals surface area (Å²) in [7, 11) is 0. The molecule has 0 fully saturated rings. The van der Waals surface area contributed by atoms with Gasteiger partial charge in [0.05, 0.1) is 10.2 Å². The van der Waals surface area contributed by atoms with Crippen molar-refractivity contribution in [2.75, 3.05) is 4.90 Å². The second kappa shape index (κ2) is 5.59. The second-order valence-electron chi connectivity index (χ2n) is 4.11. The number of hydrogen-bond acceptors (Lipinski definition) is 2. The summed E-state index contributed by atoms with van der Waals surface area (Å²) < 4.78 is 1.12. The average Bonchev–Trinajstić information content (AvgIpc) is 2.88. The van der Waals surface area contributed by atoms with Crippen LogP contribution in [-0.2, 0) is 0 Å². The highest BCUT2D eigenvalue weighted by molar-refractivity contribution is 9.10. The number of nitrogens with zero attached hydrogens (tertiary/aromatic N) is 1. The number of anilines is 3. The molecule has 0 aliphatic rings. The van der Waals surface area contributed by atoms with E-state index in [-0.39, 0.29) is 0 Å². The van der Waals surface area contributed by atoms with Crippen molar-refractivity contribution < 1.29 is 0 Å². The third-order valence-corrected chi connectivity index (χ3v) is 4.53. The number of thiophene rings is 1. The van der Waals surface area contributed by atoms with Crippen molar-refractivity contribution in [3.05, 3.63) is 75.9 Å². The van der Waals surface area contributed by atoms with Crippen LogP contribution in [-0.4, -0.2) is 0 Å². The highest BCUT2D eigenvalue weighted by Crippen LogP contribution is 2.40. The summed E-state index contributed by atoms with van der Waals surface area (Å²) in [4.78, 5) is 2.25. The van der Waals surface area contributed by atoms with Gasteiger partial charge in [0.25, 0.3) is 0 Å². The Morgan fingerprint density at radius 1 is 0.737 bits per heavy atom. The normalized spacial score (nSPS) is 10.4. The molecule has 94 valence electrons. The molecule has 0 aliphatic carbocycles. The molecule has 0 N–H and O–H groups in total. The van der Waals surface area contributed by atoms with Crippen molar-refractivity contribution in [2.24, 2.45) is 0 Å². The zero-order valence-corrected chi connectivity index (χ0v) is 12.6. The number of benzene rings is 2. The fraction of sp³-hybridized carbons (Fsp3) is 0. The van der Waals surface area contributed by atoms with Gasteiger partial charge in [-0.05, 0) is 40.2 Å². The van der Waals surface area contributed by atoms with Gasteiger partial charge >= 0.3 is 0 Å². The van der Waals surface area contributed by atoms with Crippen LogP contribution in [0.4, 0.5) is 17.1 Å². The third-order valence-electron chi connectivity index (χ3n) is 2.87. The summed E-state index contributed by atoms with van der Waals surface area (Å²) in [5.74, 6) is 0. The van der Waals surface area contributed by atoms with E-state index >= 15 is 0 Å². The average molecular weight is 330 g/mol. The fourth-order valence-electron chi connectivity index (χ4n) is 2.02. The lowest BCUT2D eigenvalue weighted by molar-refractivity contribution is 1.29. The quantitative estimate of drug-likeness (QED) is 0.571. The lowest BCUT2D eigenvalue weighted by atomic mass is 10.2. The molecule has 1 heterocycles. The molecule has 3 aromatic rings. The van der Waals surface area contributed by atoms with E-state index < -0.39 is 0 Å². The van der Waals surface area contributed by atoms with Gasteiger partial charge in [-0.15, -0.1) is 11.3 Å². The van der Waals surface area contributed by atoms with E-state index in [1.807, 2.05) is 12.1 Å². The molecule has 3 rings (SSSR count). The molecule has 0 bridgehead atoms. The van der Waals surface area contributed by atoms with Gasteiger partial charge in [0.15, 0.2) is 0 Å². The van der Waals surface area contributed by atoms with Crippen LogP contribution in [0.2, 0.25) is 0 Å². The second-order valence-corrected chi connectivity index (χ2v) is 5.71. The van der Waals surface area contributed by atoms with Crippen LogP contribution >= 0.6 is 27.3 Å². The summed E-state index contributed by atoms with van der Waals surface area (Å²) in [6.45, 7) is 0. The van der Waals surface area contributed by atoms with Gasteiger partial charge in [-0.3, -0.25) is 0 Å². The molecule has 0 saturated carbocycles. The van der Waals surface area contributed by atoms with Gasteiger partial charge in [0.2, 0.25) is 0 Å². The predicted octanol–water partition coefficient (Wildman–Crippen LogP) is 5.98. The molecule has 1 aromatic heterocycles. The lowest BCUT2D eigenvalue weighted by Gasteiger charge is -2.24. The monoisotopic (exact) mass is 329 g/mol. The van der Waals surface area contributed by atoms with Crippen LogP contribution in [0.15, 0.2) is 75.9 Å². The van der Waals surface area contributed by atoms with Crippen molar-refractivity contribution in [1.82, 2.24) is 0 Å². The van der Waals surface area contributed by atoms with E-state index in [0.717, 1.165) is 15.8 Å². The van der Waals surface area contributed by atoms with E-state index in [0.29, 0.717) is 0 Å². The minimum absolute atomic E-state index is 1.12. The van der Waals surface area contributed by atoms with E-state index in [4.69, 9.17) is 0 Å². The molecule has 0 amide bonds. The number of hydrogen-bond donors (Lipinski definition) is 0. The Kier molecular flexibility index (Phi) is 3.67. The molecule has 0 aliphatic heterocycles. The summed E-state index contributed by atoms with van der Waals surface area (Å²) in [6.07, 6.45) is 0. The SMILES string of the molecule is Brc1cscc1N(c1ccccc1)c1ccccc1. The van der Waals surface area contributed by atoms with Crippen molar-refractivity contribution in [2.45, 2.75) is 0 Å². The summed E-state index contributed by atoms with van der Waals surface area (Å²) in [5.41, 5.74) is 3.49. The molecular formula is C16H12BrNS. The van der Waals surface area contributed by atoms with Crippen LogP contribution in [0, 0.1) is 0 Å². The lowest BCUT2D eigenvalue weighted by Crippen LogP contribution is -2.09. The number of halogens is 1. The first-order valence-corrected chi connectivity index (χ1v) is 7.72. The maximum absolute atomic E-state index is 3.63. The molecule has 0 unspecified atom stereocenters. The van der Waals surface area contributed by atoms with Gasteiger partial charge in [0, 0.05) is 22.1 Å². The smallest absolute Gasteiger partial charge is 0.0710 e. The molecule has 0 saturated heterocycles. The Bertz CT molecular complexity index is 609. The first kappa shape index (κ1) is 12.5. The van der Waals surface area contributed by atoms with E-state index in [9.17, 15) is 0 Å². The van der Waals surface area contributed by atoms with Crippen molar-refractivity contribution in [3.63, 3.8) is 0 Å².